The minimum Gasteiger partial charge on any atom is -0.337 e. The van der Waals surface area contributed by atoms with E-state index in [2.05, 4.69) is 27.4 Å². The van der Waals surface area contributed by atoms with E-state index in [0.717, 1.165) is 23.5 Å². The molecule has 3 aromatic rings. The van der Waals surface area contributed by atoms with Crippen molar-refractivity contribution in [3.05, 3.63) is 74.8 Å². The van der Waals surface area contributed by atoms with Crippen LogP contribution in [0.4, 0.5) is 5.82 Å². The second kappa shape index (κ2) is 9.58. The molecule has 4 rings (SSSR count). The zero-order chi connectivity index (χ0) is 21.8. The standard InChI is InChI=1S/C23H23ClN4O2S/c1-15-21(31-20(26-15)12-16-6-3-2-4-7-16)23(30)28-11-5-8-17(14-28)22(29)27-19-10-9-18(24)13-25-19/h2-4,6-7,9-10,13,17H,5,8,11-12,14H2,1H3,(H,25,27,29). The molecule has 2 aromatic heterocycles. The maximum Gasteiger partial charge on any atom is 0.265 e. The number of amides is 2. The smallest absolute Gasteiger partial charge is 0.265 e. The number of hydrogen-bond acceptors (Lipinski definition) is 5. The number of rotatable bonds is 5. The van der Waals surface area contributed by atoms with Crippen molar-refractivity contribution >= 4 is 40.6 Å². The fourth-order valence-corrected chi connectivity index (χ4v) is 4.87. The molecular weight excluding hydrogens is 432 g/mol. The van der Waals surface area contributed by atoms with Gasteiger partial charge in [0.2, 0.25) is 5.91 Å². The Morgan fingerprint density at radius 3 is 2.77 bits per heavy atom. The number of halogens is 1. The lowest BCUT2D eigenvalue weighted by Crippen LogP contribution is -2.43. The first-order valence-electron chi connectivity index (χ1n) is 10.2. The van der Waals surface area contributed by atoms with Gasteiger partial charge < -0.3 is 10.2 Å². The normalized spacial score (nSPS) is 16.2. The van der Waals surface area contributed by atoms with Gasteiger partial charge in [0.15, 0.2) is 0 Å². The van der Waals surface area contributed by atoms with Gasteiger partial charge in [0.25, 0.3) is 5.91 Å². The summed E-state index contributed by atoms with van der Waals surface area (Å²) >= 11 is 7.29. The van der Waals surface area contributed by atoms with Gasteiger partial charge in [-0.2, -0.15) is 0 Å². The zero-order valence-corrected chi connectivity index (χ0v) is 18.7. The van der Waals surface area contributed by atoms with Crippen LogP contribution in [0, 0.1) is 12.8 Å². The molecule has 8 heteroatoms. The predicted molar refractivity (Wildman–Crippen MR) is 123 cm³/mol. The highest BCUT2D eigenvalue weighted by Crippen LogP contribution is 2.26. The van der Waals surface area contributed by atoms with Gasteiger partial charge in [0.1, 0.15) is 10.7 Å². The number of nitrogens with one attached hydrogen (secondary N) is 1. The van der Waals surface area contributed by atoms with Crippen molar-refractivity contribution in [2.45, 2.75) is 26.2 Å². The Bertz CT molecular complexity index is 1070. The molecule has 0 aliphatic carbocycles. The Balaban J connectivity index is 1.41. The molecule has 6 nitrogen and oxygen atoms in total. The summed E-state index contributed by atoms with van der Waals surface area (Å²) in [7, 11) is 0. The summed E-state index contributed by atoms with van der Waals surface area (Å²) in [6, 6.07) is 13.4. The highest BCUT2D eigenvalue weighted by Gasteiger charge is 2.30. The van der Waals surface area contributed by atoms with E-state index in [-0.39, 0.29) is 17.7 Å². The Kier molecular flexibility index (Phi) is 6.63. The van der Waals surface area contributed by atoms with Crippen molar-refractivity contribution in [3.8, 4) is 0 Å². The number of benzene rings is 1. The zero-order valence-electron chi connectivity index (χ0n) is 17.2. The summed E-state index contributed by atoms with van der Waals surface area (Å²) in [4.78, 5) is 37.0. The van der Waals surface area contributed by atoms with Gasteiger partial charge in [0, 0.05) is 25.7 Å². The van der Waals surface area contributed by atoms with Crippen molar-refractivity contribution < 1.29 is 9.59 Å². The second-order valence-corrected chi connectivity index (χ2v) is 9.15. The molecule has 1 unspecified atom stereocenters. The second-order valence-electron chi connectivity index (χ2n) is 7.63. The molecule has 1 aliphatic heterocycles. The van der Waals surface area contributed by atoms with E-state index in [0.29, 0.717) is 35.2 Å². The molecule has 31 heavy (non-hydrogen) atoms. The summed E-state index contributed by atoms with van der Waals surface area (Å²) in [5.74, 6) is 0.0171. The van der Waals surface area contributed by atoms with Crippen LogP contribution in [0.5, 0.6) is 0 Å². The molecule has 3 heterocycles. The molecule has 0 spiro atoms. The van der Waals surface area contributed by atoms with Crippen LogP contribution in [-0.2, 0) is 11.2 Å². The molecular formula is C23H23ClN4O2S. The van der Waals surface area contributed by atoms with Crippen LogP contribution in [0.15, 0.2) is 48.7 Å². The molecule has 1 atom stereocenters. The number of aromatic nitrogens is 2. The third-order valence-corrected chi connectivity index (χ3v) is 6.66. The van der Waals surface area contributed by atoms with Crippen LogP contribution in [0.25, 0.3) is 0 Å². The minimum atomic E-state index is -0.271. The van der Waals surface area contributed by atoms with Crippen molar-refractivity contribution in [1.29, 1.82) is 0 Å². The van der Waals surface area contributed by atoms with Gasteiger partial charge >= 0.3 is 0 Å². The average molecular weight is 455 g/mol. The number of carbonyl (C=O) groups excluding carboxylic acids is 2. The first kappa shape index (κ1) is 21.5. The molecule has 1 aromatic carbocycles. The first-order chi connectivity index (χ1) is 15.0. The highest BCUT2D eigenvalue weighted by atomic mass is 35.5. The molecule has 0 saturated carbocycles. The number of thiazole rings is 1. The van der Waals surface area contributed by atoms with E-state index >= 15 is 0 Å². The van der Waals surface area contributed by atoms with E-state index in [9.17, 15) is 9.59 Å². The lowest BCUT2D eigenvalue weighted by molar-refractivity contribution is -0.121. The summed E-state index contributed by atoms with van der Waals surface area (Å²) in [5.41, 5.74) is 1.92. The van der Waals surface area contributed by atoms with E-state index in [4.69, 9.17) is 11.6 Å². The lowest BCUT2D eigenvalue weighted by atomic mass is 9.97. The van der Waals surface area contributed by atoms with Crippen LogP contribution in [0.3, 0.4) is 0 Å². The highest BCUT2D eigenvalue weighted by molar-refractivity contribution is 7.13. The summed E-state index contributed by atoms with van der Waals surface area (Å²) < 4.78 is 0. The van der Waals surface area contributed by atoms with E-state index in [1.54, 1.807) is 17.0 Å². The molecule has 0 radical (unpaired) electrons. The van der Waals surface area contributed by atoms with Gasteiger partial charge in [-0.3, -0.25) is 9.59 Å². The Morgan fingerprint density at radius 2 is 2.03 bits per heavy atom. The quantitative estimate of drug-likeness (QED) is 0.612. The lowest BCUT2D eigenvalue weighted by Gasteiger charge is -2.31. The van der Waals surface area contributed by atoms with Gasteiger partial charge in [-0.05, 0) is 37.5 Å². The molecule has 1 fully saturated rings. The number of likely N-dealkylation sites (tertiary alicyclic amines) is 1. The number of nitrogens with zero attached hydrogens (tertiary/aromatic N) is 3. The number of piperidine rings is 1. The Labute approximate surface area is 190 Å². The summed E-state index contributed by atoms with van der Waals surface area (Å²) in [6.07, 6.45) is 3.73. The largest absolute Gasteiger partial charge is 0.337 e. The number of pyridine rings is 1. The first-order valence-corrected chi connectivity index (χ1v) is 11.4. The molecule has 0 bridgehead atoms. The fourth-order valence-electron chi connectivity index (χ4n) is 3.69. The summed E-state index contributed by atoms with van der Waals surface area (Å²) in [6.45, 7) is 2.91. The van der Waals surface area contributed by atoms with Crippen molar-refractivity contribution in [3.63, 3.8) is 0 Å². The maximum absolute atomic E-state index is 13.2. The Hall–Kier alpha value is -2.77. The molecule has 160 valence electrons. The number of carbonyl (C=O) groups is 2. The topological polar surface area (TPSA) is 75.2 Å². The van der Waals surface area contributed by atoms with Crippen molar-refractivity contribution in [2.75, 3.05) is 18.4 Å². The average Bonchev–Trinajstić information content (AvgIpc) is 3.15. The van der Waals surface area contributed by atoms with Gasteiger partial charge in [-0.1, -0.05) is 41.9 Å². The third-order valence-electron chi connectivity index (χ3n) is 5.29. The predicted octanol–water partition coefficient (Wildman–Crippen LogP) is 4.58. The number of hydrogen-bond donors (Lipinski definition) is 1. The maximum atomic E-state index is 13.2. The molecule has 1 N–H and O–H groups in total. The SMILES string of the molecule is Cc1nc(Cc2ccccc2)sc1C(=O)N1CCCC(C(=O)Nc2ccc(Cl)cn2)C1. The molecule has 1 saturated heterocycles. The van der Waals surface area contributed by atoms with E-state index in [1.165, 1.54) is 23.1 Å². The van der Waals surface area contributed by atoms with Gasteiger partial charge in [0.05, 0.1) is 21.6 Å². The van der Waals surface area contributed by atoms with Crippen LogP contribution in [-0.4, -0.2) is 39.8 Å². The summed E-state index contributed by atoms with van der Waals surface area (Å²) in [5, 5.41) is 4.26. The van der Waals surface area contributed by atoms with Crippen LogP contribution in [0.2, 0.25) is 5.02 Å². The third kappa shape index (κ3) is 5.29. The monoisotopic (exact) mass is 454 g/mol. The Morgan fingerprint density at radius 1 is 1.23 bits per heavy atom. The van der Waals surface area contributed by atoms with Crippen LogP contribution >= 0.6 is 22.9 Å². The number of anilines is 1. The number of aryl methyl sites for hydroxylation is 1. The molecule has 1 aliphatic rings. The van der Waals surface area contributed by atoms with Crippen LogP contribution < -0.4 is 5.32 Å². The van der Waals surface area contributed by atoms with E-state index < -0.39 is 0 Å². The fraction of sp³-hybridized carbons (Fsp3) is 0.304. The van der Waals surface area contributed by atoms with Gasteiger partial charge in [-0.15, -0.1) is 11.3 Å². The van der Waals surface area contributed by atoms with Crippen LogP contribution in [0.1, 0.15) is 38.8 Å². The van der Waals surface area contributed by atoms with Gasteiger partial charge in [-0.25, -0.2) is 9.97 Å². The minimum absolute atomic E-state index is 0.0450. The van der Waals surface area contributed by atoms with Crippen molar-refractivity contribution in [2.24, 2.45) is 5.92 Å². The van der Waals surface area contributed by atoms with E-state index in [1.807, 2.05) is 25.1 Å². The molecule has 2 amide bonds. The van der Waals surface area contributed by atoms with Crippen molar-refractivity contribution in [1.82, 2.24) is 14.9 Å².